The van der Waals surface area contributed by atoms with Gasteiger partial charge in [0.1, 0.15) is 0 Å². The van der Waals surface area contributed by atoms with Crippen LogP contribution in [0.15, 0.2) is 47.4 Å². The van der Waals surface area contributed by atoms with E-state index in [2.05, 4.69) is 38.1 Å². The molecule has 0 aliphatic rings. The van der Waals surface area contributed by atoms with E-state index >= 15 is 0 Å². The largest absolute Gasteiger partial charge is 0.295 e. The first-order valence-corrected chi connectivity index (χ1v) is 7.35. The lowest BCUT2D eigenvalue weighted by molar-refractivity contribution is 0.101. The summed E-state index contributed by atoms with van der Waals surface area (Å²) in [4.78, 5) is 12.5. The molecule has 0 spiro atoms. The maximum Gasteiger partial charge on any atom is 0.159 e. The molecule has 0 heterocycles. The topological polar surface area (TPSA) is 17.1 Å². The van der Waals surface area contributed by atoms with E-state index < -0.39 is 0 Å². The van der Waals surface area contributed by atoms with Crippen molar-refractivity contribution in [1.29, 1.82) is 0 Å². The van der Waals surface area contributed by atoms with Crippen molar-refractivity contribution >= 4 is 17.5 Å². The minimum absolute atomic E-state index is 0.120. The number of carbonyl (C=O) groups is 1. The normalized spacial score (nSPS) is 10.5. The van der Waals surface area contributed by atoms with Gasteiger partial charge < -0.3 is 0 Å². The molecule has 0 amide bonds. The molecule has 2 aromatic rings. The minimum atomic E-state index is 0.120. The summed E-state index contributed by atoms with van der Waals surface area (Å²) in [6.07, 6.45) is 0. The van der Waals surface area contributed by atoms with Gasteiger partial charge in [-0.3, -0.25) is 4.79 Å². The van der Waals surface area contributed by atoms with Crippen molar-refractivity contribution in [3.8, 4) is 0 Å². The van der Waals surface area contributed by atoms with Crippen molar-refractivity contribution in [2.75, 3.05) is 0 Å². The van der Waals surface area contributed by atoms with Crippen molar-refractivity contribution < 1.29 is 4.79 Å². The Bertz CT molecular complexity index is 602. The van der Waals surface area contributed by atoms with Crippen LogP contribution in [0.25, 0.3) is 0 Å². The van der Waals surface area contributed by atoms with Crippen LogP contribution in [0.3, 0.4) is 0 Å². The highest BCUT2D eigenvalue weighted by Crippen LogP contribution is 2.25. The smallest absolute Gasteiger partial charge is 0.159 e. The van der Waals surface area contributed by atoms with Gasteiger partial charge in [0, 0.05) is 16.2 Å². The quantitative estimate of drug-likeness (QED) is 0.586. The maximum absolute atomic E-state index is 11.4. The summed E-state index contributed by atoms with van der Waals surface area (Å²) >= 11 is 1.78. The Morgan fingerprint density at radius 2 is 1.89 bits per heavy atom. The van der Waals surface area contributed by atoms with Gasteiger partial charge in [-0.25, -0.2) is 0 Å². The van der Waals surface area contributed by atoms with Crippen LogP contribution >= 0.6 is 11.8 Å². The molecular formula is C17H18OS. The highest BCUT2D eigenvalue weighted by atomic mass is 32.2. The van der Waals surface area contributed by atoms with Gasteiger partial charge in [-0.1, -0.05) is 35.9 Å². The zero-order chi connectivity index (χ0) is 13.8. The first-order valence-electron chi connectivity index (χ1n) is 6.36. The second-order valence-corrected chi connectivity index (χ2v) is 5.85. The average molecular weight is 270 g/mol. The first kappa shape index (κ1) is 13.9. The summed E-state index contributed by atoms with van der Waals surface area (Å²) < 4.78 is 0. The first-order chi connectivity index (χ1) is 9.06. The second kappa shape index (κ2) is 6.07. The average Bonchev–Trinajstić information content (AvgIpc) is 2.40. The fraction of sp³-hybridized carbons (Fsp3) is 0.235. The van der Waals surface area contributed by atoms with Crippen LogP contribution < -0.4 is 0 Å². The van der Waals surface area contributed by atoms with E-state index in [4.69, 9.17) is 0 Å². The molecule has 2 aromatic carbocycles. The van der Waals surface area contributed by atoms with Gasteiger partial charge in [0.25, 0.3) is 0 Å². The van der Waals surface area contributed by atoms with Gasteiger partial charge in [-0.05, 0) is 44.0 Å². The van der Waals surface area contributed by atoms with Crippen LogP contribution in [0.1, 0.15) is 34.0 Å². The molecule has 0 aliphatic heterocycles. The Balaban J connectivity index is 2.12. The van der Waals surface area contributed by atoms with E-state index in [0.717, 1.165) is 16.2 Å². The van der Waals surface area contributed by atoms with E-state index in [1.54, 1.807) is 18.7 Å². The van der Waals surface area contributed by atoms with Crippen molar-refractivity contribution in [2.24, 2.45) is 0 Å². The number of ketones is 1. The Kier molecular flexibility index (Phi) is 4.43. The minimum Gasteiger partial charge on any atom is -0.295 e. The molecule has 2 rings (SSSR count). The summed E-state index contributed by atoms with van der Waals surface area (Å²) in [6, 6.07) is 14.4. The van der Waals surface area contributed by atoms with E-state index in [-0.39, 0.29) is 5.78 Å². The highest BCUT2D eigenvalue weighted by molar-refractivity contribution is 7.98. The van der Waals surface area contributed by atoms with E-state index in [0.29, 0.717) is 0 Å². The molecule has 0 unspecified atom stereocenters. The molecule has 0 aliphatic carbocycles. The Morgan fingerprint density at radius 1 is 1.11 bits per heavy atom. The molecular weight excluding hydrogens is 252 g/mol. The number of carbonyl (C=O) groups excluding carboxylic acids is 1. The van der Waals surface area contributed by atoms with Gasteiger partial charge >= 0.3 is 0 Å². The number of rotatable bonds is 4. The van der Waals surface area contributed by atoms with Crippen molar-refractivity contribution in [1.82, 2.24) is 0 Å². The standard InChI is InChI=1S/C17H18OS/c1-12-7-8-13(2)16(9-12)11-19-17-6-4-5-15(10-17)14(3)18/h4-10H,11H2,1-3H3. The van der Waals surface area contributed by atoms with Crippen LogP contribution in [0.5, 0.6) is 0 Å². The van der Waals surface area contributed by atoms with Crippen molar-refractivity contribution in [3.63, 3.8) is 0 Å². The molecule has 0 fully saturated rings. The lowest BCUT2D eigenvalue weighted by Crippen LogP contribution is -1.92. The number of hydrogen-bond acceptors (Lipinski definition) is 2. The molecule has 19 heavy (non-hydrogen) atoms. The Morgan fingerprint density at radius 3 is 2.63 bits per heavy atom. The van der Waals surface area contributed by atoms with Crippen LogP contribution in [0.2, 0.25) is 0 Å². The molecule has 0 saturated heterocycles. The molecule has 0 atom stereocenters. The highest BCUT2D eigenvalue weighted by Gasteiger charge is 2.03. The van der Waals surface area contributed by atoms with Crippen molar-refractivity contribution in [3.05, 3.63) is 64.7 Å². The second-order valence-electron chi connectivity index (χ2n) is 4.80. The third-order valence-electron chi connectivity index (χ3n) is 3.14. The van der Waals surface area contributed by atoms with E-state index in [9.17, 15) is 4.79 Å². The number of thioether (sulfide) groups is 1. The summed E-state index contributed by atoms with van der Waals surface area (Å²) in [5.41, 5.74) is 4.75. The molecule has 0 radical (unpaired) electrons. The SMILES string of the molecule is CC(=O)c1cccc(SCc2cc(C)ccc2C)c1. The zero-order valence-corrected chi connectivity index (χ0v) is 12.4. The van der Waals surface area contributed by atoms with Gasteiger partial charge in [0.2, 0.25) is 0 Å². The summed E-state index contributed by atoms with van der Waals surface area (Å²) in [5, 5.41) is 0. The molecule has 0 bridgehead atoms. The third-order valence-corrected chi connectivity index (χ3v) is 4.18. The summed E-state index contributed by atoms with van der Waals surface area (Å²) in [5.74, 6) is 1.06. The third kappa shape index (κ3) is 3.71. The zero-order valence-electron chi connectivity index (χ0n) is 11.6. The Hall–Kier alpha value is -1.54. The molecule has 98 valence electrons. The predicted octanol–water partition coefficient (Wildman–Crippen LogP) is 4.80. The summed E-state index contributed by atoms with van der Waals surface area (Å²) in [6.45, 7) is 5.86. The van der Waals surface area contributed by atoms with Crippen LogP contribution in [-0.2, 0) is 5.75 Å². The van der Waals surface area contributed by atoms with Crippen LogP contribution in [-0.4, -0.2) is 5.78 Å². The molecule has 1 nitrogen and oxygen atoms in total. The van der Waals surface area contributed by atoms with Crippen LogP contribution in [0, 0.1) is 13.8 Å². The molecule has 0 N–H and O–H groups in total. The van der Waals surface area contributed by atoms with E-state index in [1.807, 2.05) is 18.2 Å². The van der Waals surface area contributed by atoms with Gasteiger partial charge in [0.05, 0.1) is 0 Å². The van der Waals surface area contributed by atoms with Gasteiger partial charge in [0.15, 0.2) is 5.78 Å². The lowest BCUT2D eigenvalue weighted by atomic mass is 10.1. The number of aryl methyl sites for hydroxylation is 2. The van der Waals surface area contributed by atoms with Crippen LogP contribution in [0.4, 0.5) is 0 Å². The van der Waals surface area contributed by atoms with Gasteiger partial charge in [-0.2, -0.15) is 0 Å². The number of Topliss-reactive ketones (excluding diaryl/α,β-unsaturated/α-hetero) is 1. The van der Waals surface area contributed by atoms with E-state index in [1.165, 1.54) is 16.7 Å². The predicted molar refractivity (Wildman–Crippen MR) is 81.9 cm³/mol. The lowest BCUT2D eigenvalue weighted by Gasteiger charge is -2.07. The monoisotopic (exact) mass is 270 g/mol. The molecule has 0 saturated carbocycles. The van der Waals surface area contributed by atoms with Gasteiger partial charge in [-0.15, -0.1) is 11.8 Å². The molecule has 0 aromatic heterocycles. The number of benzene rings is 2. The fourth-order valence-corrected chi connectivity index (χ4v) is 2.94. The molecule has 2 heteroatoms. The maximum atomic E-state index is 11.4. The summed E-state index contributed by atoms with van der Waals surface area (Å²) in [7, 11) is 0. The fourth-order valence-electron chi connectivity index (χ4n) is 1.92. The Labute approximate surface area is 119 Å². The van der Waals surface area contributed by atoms with Crippen molar-refractivity contribution in [2.45, 2.75) is 31.4 Å². The number of hydrogen-bond donors (Lipinski definition) is 0.